The Kier molecular flexibility index (Phi) is 1.41. The maximum absolute atomic E-state index is 13.2. The maximum Gasteiger partial charge on any atom is 0.129 e. The van der Waals surface area contributed by atoms with Crippen molar-refractivity contribution in [2.45, 2.75) is 6.10 Å². The molecule has 0 unspecified atom stereocenters. The zero-order valence-electron chi connectivity index (χ0n) is 9.66. The maximum atomic E-state index is 13.2. The van der Waals surface area contributed by atoms with Gasteiger partial charge in [0.1, 0.15) is 23.5 Å². The Morgan fingerprint density at radius 1 is 1.31 bits per heavy atom. The molecular weight excluding hydrogens is 176 g/mol. The molecule has 1 saturated heterocycles. The van der Waals surface area contributed by atoms with E-state index in [2.05, 4.69) is 5.32 Å². The van der Waals surface area contributed by atoms with Crippen LogP contribution in [0.25, 0.3) is 0 Å². The van der Waals surface area contributed by atoms with Gasteiger partial charge in [0.15, 0.2) is 0 Å². The van der Waals surface area contributed by atoms with E-state index in [9.17, 15) is 8.78 Å². The van der Waals surface area contributed by atoms with Crippen LogP contribution in [-0.4, -0.2) is 19.2 Å². The van der Waals surface area contributed by atoms with Gasteiger partial charge in [-0.1, -0.05) is 0 Å². The van der Waals surface area contributed by atoms with Crippen LogP contribution >= 0.6 is 0 Å². The molecule has 1 N–H and O–H groups in total. The van der Waals surface area contributed by atoms with E-state index in [0.29, 0.717) is 13.1 Å². The van der Waals surface area contributed by atoms with Gasteiger partial charge in [0.25, 0.3) is 0 Å². The van der Waals surface area contributed by atoms with E-state index in [1.165, 1.54) is 0 Å². The van der Waals surface area contributed by atoms with Crippen LogP contribution in [0.1, 0.15) is 4.11 Å². The summed E-state index contributed by atoms with van der Waals surface area (Å²) in [5, 5.41) is 2.89. The van der Waals surface area contributed by atoms with Gasteiger partial charge in [0, 0.05) is 31.2 Å². The number of benzene rings is 1. The van der Waals surface area contributed by atoms with E-state index in [4.69, 9.17) is 8.85 Å². The predicted molar refractivity (Wildman–Crippen MR) is 43.6 cm³/mol. The molecule has 2 nitrogen and oxygen atoms in total. The summed E-state index contributed by atoms with van der Waals surface area (Å²) in [7, 11) is 0. The molecule has 0 atom stereocenters. The van der Waals surface area contributed by atoms with Crippen LogP contribution in [0.2, 0.25) is 0 Å². The zero-order chi connectivity index (χ0) is 11.9. The van der Waals surface area contributed by atoms with Gasteiger partial charge < -0.3 is 10.1 Å². The van der Waals surface area contributed by atoms with E-state index < -0.39 is 35.5 Å². The van der Waals surface area contributed by atoms with Crippen molar-refractivity contribution in [1.29, 1.82) is 0 Å². The number of ether oxygens (including phenoxy) is 1. The molecule has 1 aromatic carbocycles. The number of halogens is 2. The Morgan fingerprint density at radius 3 is 2.38 bits per heavy atom. The number of nitrogens with one attached hydrogen (secondary N) is 1. The molecular formula is C9H9F2NO. The normalized spacial score (nSPS) is 20.0. The average Bonchev–Trinajstić information content (AvgIpc) is 2.21. The van der Waals surface area contributed by atoms with E-state index in [0.717, 1.165) is 0 Å². The molecule has 1 heterocycles. The fourth-order valence-corrected chi connectivity index (χ4v) is 0.961. The van der Waals surface area contributed by atoms with Crippen molar-refractivity contribution in [3.05, 3.63) is 29.8 Å². The number of hydrogen-bond acceptors (Lipinski definition) is 2. The monoisotopic (exact) mass is 188 g/mol. The fourth-order valence-electron chi connectivity index (χ4n) is 0.961. The third-order valence-corrected chi connectivity index (χ3v) is 1.69. The SMILES string of the molecule is [2H]c1c(F)c([2H])c(OC2CNC2)c([2H])c1F. The van der Waals surface area contributed by atoms with Crippen LogP contribution in [0.3, 0.4) is 0 Å². The fraction of sp³-hybridized carbons (Fsp3) is 0.333. The summed E-state index contributed by atoms with van der Waals surface area (Å²) in [5.41, 5.74) is 0. The zero-order valence-corrected chi connectivity index (χ0v) is 6.66. The largest absolute Gasteiger partial charge is 0.488 e. The van der Waals surface area contributed by atoms with Gasteiger partial charge in [-0.2, -0.15) is 0 Å². The van der Waals surface area contributed by atoms with E-state index in [1.807, 2.05) is 0 Å². The van der Waals surface area contributed by atoms with Crippen molar-refractivity contribution in [3.8, 4) is 5.75 Å². The molecule has 0 amide bonds. The van der Waals surface area contributed by atoms with Crippen LogP contribution in [0.4, 0.5) is 8.78 Å². The van der Waals surface area contributed by atoms with Gasteiger partial charge in [-0.25, -0.2) is 8.78 Å². The smallest absolute Gasteiger partial charge is 0.129 e. The van der Waals surface area contributed by atoms with Gasteiger partial charge in [0.05, 0.1) is 4.11 Å². The molecule has 1 fully saturated rings. The topological polar surface area (TPSA) is 21.3 Å². The van der Waals surface area contributed by atoms with E-state index >= 15 is 0 Å². The highest BCUT2D eigenvalue weighted by Crippen LogP contribution is 2.17. The molecule has 4 heteroatoms. The lowest BCUT2D eigenvalue weighted by molar-refractivity contribution is 0.141. The van der Waals surface area contributed by atoms with Gasteiger partial charge >= 0.3 is 0 Å². The molecule has 0 aromatic heterocycles. The lowest BCUT2D eigenvalue weighted by Crippen LogP contribution is -2.50. The number of rotatable bonds is 2. The molecule has 70 valence electrons. The molecule has 0 saturated carbocycles. The summed E-state index contributed by atoms with van der Waals surface area (Å²) in [4.78, 5) is 0. The minimum Gasteiger partial charge on any atom is -0.488 e. The lowest BCUT2D eigenvalue weighted by atomic mass is 10.2. The Labute approximate surface area is 78.7 Å². The molecule has 1 aromatic rings. The first-order chi connectivity index (χ1) is 7.52. The molecule has 2 rings (SSSR count). The van der Waals surface area contributed by atoms with Gasteiger partial charge in [-0.05, 0) is 0 Å². The molecule has 1 aliphatic rings. The van der Waals surface area contributed by atoms with Gasteiger partial charge in [-0.3, -0.25) is 0 Å². The average molecular weight is 188 g/mol. The standard InChI is InChI=1S/C9H9F2NO/c10-6-1-7(11)3-8(2-6)13-9-4-12-5-9/h1-3,9,12H,4-5H2/i1D,2D,3D. The molecule has 0 bridgehead atoms. The predicted octanol–water partition coefficient (Wildman–Crippen LogP) is 1.32. The first-order valence-corrected chi connectivity index (χ1v) is 3.84. The highest BCUT2D eigenvalue weighted by atomic mass is 19.1. The third kappa shape index (κ3) is 1.95. The van der Waals surface area contributed by atoms with Crippen molar-refractivity contribution in [1.82, 2.24) is 5.32 Å². The highest BCUT2D eigenvalue weighted by Gasteiger charge is 2.18. The van der Waals surface area contributed by atoms with E-state index in [1.54, 1.807) is 0 Å². The third-order valence-electron chi connectivity index (χ3n) is 1.69. The second-order valence-electron chi connectivity index (χ2n) is 2.73. The summed E-state index contributed by atoms with van der Waals surface area (Å²) in [5.74, 6) is -3.02. The Morgan fingerprint density at radius 2 is 1.92 bits per heavy atom. The first kappa shape index (κ1) is 5.54. The first-order valence-electron chi connectivity index (χ1n) is 5.34. The number of hydrogen-bond donors (Lipinski definition) is 1. The lowest BCUT2D eigenvalue weighted by Gasteiger charge is -2.27. The quantitative estimate of drug-likeness (QED) is 0.755. The van der Waals surface area contributed by atoms with Crippen molar-refractivity contribution in [2.24, 2.45) is 0 Å². The summed E-state index contributed by atoms with van der Waals surface area (Å²) in [6.07, 6.45) is -0.274. The Hall–Kier alpha value is -1.16. The molecule has 0 radical (unpaired) electrons. The molecule has 1 aliphatic heterocycles. The van der Waals surface area contributed by atoms with Crippen molar-refractivity contribution >= 4 is 0 Å². The summed E-state index contributed by atoms with van der Waals surface area (Å²) >= 11 is 0. The highest BCUT2D eigenvalue weighted by molar-refractivity contribution is 5.24. The summed E-state index contributed by atoms with van der Waals surface area (Å²) in [6, 6.07) is -2.53. The van der Waals surface area contributed by atoms with Gasteiger partial charge in [-0.15, -0.1) is 0 Å². The minimum absolute atomic E-state index is 0.274. The Bertz CT molecular complexity index is 408. The second-order valence-corrected chi connectivity index (χ2v) is 2.73. The molecule has 13 heavy (non-hydrogen) atoms. The second kappa shape index (κ2) is 3.30. The summed E-state index contributed by atoms with van der Waals surface area (Å²) < 4.78 is 53.2. The minimum atomic E-state index is -1.30. The Balaban J connectivity index is 2.42. The van der Waals surface area contributed by atoms with E-state index in [-0.39, 0.29) is 6.10 Å². The van der Waals surface area contributed by atoms with Crippen LogP contribution in [0, 0.1) is 11.6 Å². The summed E-state index contributed by atoms with van der Waals surface area (Å²) in [6.45, 7) is 1.04. The van der Waals surface area contributed by atoms with Crippen LogP contribution < -0.4 is 10.1 Å². The van der Waals surface area contributed by atoms with Gasteiger partial charge in [0.2, 0.25) is 0 Å². The van der Waals surface area contributed by atoms with Crippen LogP contribution in [-0.2, 0) is 0 Å². The van der Waals surface area contributed by atoms with Crippen LogP contribution in [0.15, 0.2) is 18.1 Å². The van der Waals surface area contributed by atoms with Crippen LogP contribution in [0.5, 0.6) is 5.75 Å². The molecule has 0 aliphatic carbocycles. The van der Waals surface area contributed by atoms with Crippen molar-refractivity contribution < 1.29 is 17.6 Å². The van der Waals surface area contributed by atoms with Crippen molar-refractivity contribution in [2.75, 3.05) is 13.1 Å². The van der Waals surface area contributed by atoms with Crippen molar-refractivity contribution in [3.63, 3.8) is 0 Å². The molecule has 0 spiro atoms.